The first-order valence-corrected chi connectivity index (χ1v) is 5.76. The molecule has 1 aliphatic rings. The summed E-state index contributed by atoms with van der Waals surface area (Å²) in [5.41, 5.74) is 8.16. The molecule has 0 bridgehead atoms. The third-order valence-corrected chi connectivity index (χ3v) is 3.80. The molecule has 2 rings (SSSR count). The van der Waals surface area contributed by atoms with Gasteiger partial charge in [-0.15, -0.1) is 0 Å². The van der Waals surface area contributed by atoms with Crippen molar-refractivity contribution in [1.82, 2.24) is 4.90 Å². The van der Waals surface area contributed by atoms with E-state index in [4.69, 9.17) is 5.73 Å². The summed E-state index contributed by atoms with van der Waals surface area (Å²) in [6, 6.07) is 5.09. The lowest BCUT2D eigenvalue weighted by Crippen LogP contribution is -2.49. The predicted molar refractivity (Wildman–Crippen MR) is 63.8 cm³/mol. The topological polar surface area (TPSA) is 29.3 Å². The summed E-state index contributed by atoms with van der Waals surface area (Å²) in [6.07, 6.45) is 3.09. The van der Waals surface area contributed by atoms with Gasteiger partial charge in [0.05, 0.1) is 5.54 Å². The van der Waals surface area contributed by atoms with E-state index in [-0.39, 0.29) is 11.4 Å². The normalized spacial score (nSPS) is 24.6. The van der Waals surface area contributed by atoms with E-state index < -0.39 is 0 Å². The molecule has 0 spiro atoms. The highest BCUT2D eigenvalue weighted by molar-refractivity contribution is 5.37. The Hall–Kier alpha value is -0.930. The molecule has 0 amide bonds. The summed E-state index contributed by atoms with van der Waals surface area (Å²) in [5.74, 6) is -0.148. The Morgan fingerprint density at radius 3 is 2.81 bits per heavy atom. The van der Waals surface area contributed by atoms with E-state index in [1.165, 1.54) is 11.6 Å². The number of fused-ring (bicyclic) bond motifs is 1. The molecular formula is C13H19FN2. The van der Waals surface area contributed by atoms with Crippen molar-refractivity contribution in [2.24, 2.45) is 5.73 Å². The molecule has 0 saturated heterocycles. The van der Waals surface area contributed by atoms with Crippen molar-refractivity contribution in [3.8, 4) is 0 Å². The molecule has 0 fully saturated rings. The van der Waals surface area contributed by atoms with Crippen LogP contribution in [0.3, 0.4) is 0 Å². The van der Waals surface area contributed by atoms with E-state index in [0.717, 1.165) is 24.8 Å². The molecule has 1 aromatic rings. The van der Waals surface area contributed by atoms with Crippen LogP contribution in [0.15, 0.2) is 18.2 Å². The summed E-state index contributed by atoms with van der Waals surface area (Å²) < 4.78 is 13.2. The van der Waals surface area contributed by atoms with E-state index in [1.54, 1.807) is 6.07 Å². The average Bonchev–Trinajstić information content (AvgIpc) is 2.27. The fourth-order valence-electron chi connectivity index (χ4n) is 2.79. The minimum Gasteiger partial charge on any atom is -0.328 e. The van der Waals surface area contributed by atoms with Gasteiger partial charge in [-0.25, -0.2) is 4.39 Å². The van der Waals surface area contributed by atoms with Gasteiger partial charge in [0, 0.05) is 6.54 Å². The van der Waals surface area contributed by atoms with Gasteiger partial charge in [-0.05, 0) is 56.6 Å². The molecule has 0 heterocycles. The van der Waals surface area contributed by atoms with Gasteiger partial charge in [0.25, 0.3) is 0 Å². The summed E-state index contributed by atoms with van der Waals surface area (Å²) in [5, 5.41) is 0. The molecule has 2 nitrogen and oxygen atoms in total. The molecule has 1 aliphatic carbocycles. The highest BCUT2D eigenvalue weighted by atomic mass is 19.1. The van der Waals surface area contributed by atoms with Crippen molar-refractivity contribution in [2.75, 3.05) is 20.6 Å². The minimum atomic E-state index is -0.148. The molecule has 3 heteroatoms. The zero-order valence-electron chi connectivity index (χ0n) is 9.96. The SMILES string of the molecule is CN(C)C1(CN)CCCc2cc(F)ccc21. The quantitative estimate of drug-likeness (QED) is 0.828. The second kappa shape index (κ2) is 4.15. The highest BCUT2D eigenvalue weighted by Gasteiger charge is 2.37. The van der Waals surface area contributed by atoms with Gasteiger partial charge in [0.15, 0.2) is 0 Å². The highest BCUT2D eigenvalue weighted by Crippen LogP contribution is 2.38. The second-order valence-corrected chi connectivity index (χ2v) is 4.79. The molecule has 0 aliphatic heterocycles. The van der Waals surface area contributed by atoms with Gasteiger partial charge < -0.3 is 5.73 Å². The summed E-state index contributed by atoms with van der Waals surface area (Å²) >= 11 is 0. The van der Waals surface area contributed by atoms with Crippen molar-refractivity contribution in [1.29, 1.82) is 0 Å². The zero-order valence-corrected chi connectivity index (χ0v) is 9.96. The average molecular weight is 222 g/mol. The first kappa shape index (κ1) is 11.6. The number of hydrogen-bond donors (Lipinski definition) is 1. The molecule has 1 atom stereocenters. The Balaban J connectivity index is 2.54. The predicted octanol–water partition coefficient (Wildman–Crippen LogP) is 1.88. The first-order valence-electron chi connectivity index (χ1n) is 5.76. The van der Waals surface area contributed by atoms with E-state index in [0.29, 0.717) is 6.54 Å². The summed E-state index contributed by atoms with van der Waals surface area (Å²) in [4.78, 5) is 2.17. The van der Waals surface area contributed by atoms with Crippen LogP contribution in [0.2, 0.25) is 0 Å². The van der Waals surface area contributed by atoms with Crippen LogP contribution in [0.5, 0.6) is 0 Å². The Labute approximate surface area is 96.2 Å². The van der Waals surface area contributed by atoms with E-state index in [1.807, 2.05) is 20.2 Å². The van der Waals surface area contributed by atoms with Gasteiger partial charge in [0.1, 0.15) is 5.82 Å². The number of nitrogens with zero attached hydrogens (tertiary/aromatic N) is 1. The van der Waals surface area contributed by atoms with Crippen LogP contribution in [-0.4, -0.2) is 25.5 Å². The standard InChI is InChI=1S/C13H19FN2/c1-16(2)13(9-15)7-3-4-10-8-11(14)5-6-12(10)13/h5-6,8H,3-4,7,9,15H2,1-2H3. The van der Waals surface area contributed by atoms with E-state index >= 15 is 0 Å². The Morgan fingerprint density at radius 2 is 2.19 bits per heavy atom. The van der Waals surface area contributed by atoms with Gasteiger partial charge in [-0.1, -0.05) is 6.07 Å². The molecule has 0 saturated carbocycles. The van der Waals surface area contributed by atoms with Gasteiger partial charge in [-0.3, -0.25) is 4.90 Å². The molecule has 0 radical (unpaired) electrons. The van der Waals surface area contributed by atoms with Gasteiger partial charge in [-0.2, -0.15) is 0 Å². The smallest absolute Gasteiger partial charge is 0.123 e. The molecule has 2 N–H and O–H groups in total. The van der Waals surface area contributed by atoms with Crippen molar-refractivity contribution in [2.45, 2.75) is 24.8 Å². The maximum Gasteiger partial charge on any atom is 0.123 e. The Morgan fingerprint density at radius 1 is 1.44 bits per heavy atom. The summed E-state index contributed by atoms with van der Waals surface area (Å²) in [7, 11) is 4.09. The zero-order chi connectivity index (χ0) is 11.8. The minimum absolute atomic E-state index is 0.110. The Bertz CT molecular complexity index is 390. The molecule has 16 heavy (non-hydrogen) atoms. The van der Waals surface area contributed by atoms with E-state index in [9.17, 15) is 4.39 Å². The molecule has 1 unspecified atom stereocenters. The lowest BCUT2D eigenvalue weighted by atomic mass is 9.75. The lowest BCUT2D eigenvalue weighted by molar-refractivity contribution is 0.135. The molecule has 1 aromatic carbocycles. The lowest BCUT2D eigenvalue weighted by Gasteiger charge is -2.43. The number of benzene rings is 1. The van der Waals surface area contributed by atoms with Crippen LogP contribution < -0.4 is 5.73 Å². The Kier molecular flexibility index (Phi) is 3.00. The molecule has 0 aromatic heterocycles. The number of hydrogen-bond acceptors (Lipinski definition) is 2. The number of likely N-dealkylation sites (N-methyl/N-ethyl adjacent to an activating group) is 1. The fourth-order valence-corrected chi connectivity index (χ4v) is 2.79. The van der Waals surface area contributed by atoms with Crippen LogP contribution in [-0.2, 0) is 12.0 Å². The maximum atomic E-state index is 13.2. The monoisotopic (exact) mass is 222 g/mol. The maximum absolute atomic E-state index is 13.2. The van der Waals surface area contributed by atoms with Crippen molar-refractivity contribution < 1.29 is 4.39 Å². The van der Waals surface area contributed by atoms with Gasteiger partial charge in [0.2, 0.25) is 0 Å². The van der Waals surface area contributed by atoms with Crippen LogP contribution >= 0.6 is 0 Å². The van der Waals surface area contributed by atoms with Crippen LogP contribution in [0.1, 0.15) is 24.0 Å². The van der Waals surface area contributed by atoms with Crippen LogP contribution in [0.25, 0.3) is 0 Å². The number of aryl methyl sites for hydroxylation is 1. The third kappa shape index (κ3) is 1.64. The van der Waals surface area contributed by atoms with Crippen molar-refractivity contribution in [3.63, 3.8) is 0 Å². The number of rotatable bonds is 2. The van der Waals surface area contributed by atoms with Crippen molar-refractivity contribution >= 4 is 0 Å². The van der Waals surface area contributed by atoms with Gasteiger partial charge >= 0.3 is 0 Å². The number of halogens is 1. The van der Waals surface area contributed by atoms with Crippen molar-refractivity contribution in [3.05, 3.63) is 35.1 Å². The third-order valence-electron chi connectivity index (χ3n) is 3.80. The van der Waals surface area contributed by atoms with E-state index in [2.05, 4.69) is 4.90 Å². The van der Waals surface area contributed by atoms with Crippen LogP contribution in [0, 0.1) is 5.82 Å². The summed E-state index contributed by atoms with van der Waals surface area (Å²) in [6.45, 7) is 0.582. The second-order valence-electron chi connectivity index (χ2n) is 4.79. The van der Waals surface area contributed by atoms with Crippen LogP contribution in [0.4, 0.5) is 4.39 Å². The largest absolute Gasteiger partial charge is 0.328 e. The molecular weight excluding hydrogens is 203 g/mol. The molecule has 88 valence electrons. The fraction of sp³-hybridized carbons (Fsp3) is 0.538. The number of nitrogens with two attached hydrogens (primary N) is 1. The first-order chi connectivity index (χ1) is 7.60.